The highest BCUT2D eigenvalue weighted by molar-refractivity contribution is 5.96. The molecule has 0 radical (unpaired) electrons. The number of nitrogens with one attached hydrogen (secondary N) is 1. The molecular formula is C14H21N3O. The number of pyridine rings is 1. The topological polar surface area (TPSA) is 68.0 Å². The van der Waals surface area contributed by atoms with E-state index in [9.17, 15) is 4.79 Å². The molecule has 1 aromatic rings. The summed E-state index contributed by atoms with van der Waals surface area (Å²) in [4.78, 5) is 16.4. The number of hydrogen-bond donors (Lipinski definition) is 2. The molecule has 0 aliphatic heterocycles. The van der Waals surface area contributed by atoms with Gasteiger partial charge < -0.3 is 11.1 Å². The zero-order chi connectivity index (χ0) is 13.3. The van der Waals surface area contributed by atoms with E-state index in [2.05, 4.69) is 24.1 Å². The SMILES string of the molecule is Cc1ncc(N)cc1C(=O)NC1CCCC1(C)C. The number of hydrogen-bond acceptors (Lipinski definition) is 3. The first-order chi connectivity index (χ1) is 8.40. The molecule has 0 spiro atoms. The highest BCUT2D eigenvalue weighted by Gasteiger charge is 2.35. The quantitative estimate of drug-likeness (QED) is 0.842. The van der Waals surface area contributed by atoms with Crippen molar-refractivity contribution in [2.75, 3.05) is 5.73 Å². The number of aryl methyl sites for hydroxylation is 1. The number of amides is 1. The lowest BCUT2D eigenvalue weighted by Gasteiger charge is -2.28. The molecule has 2 rings (SSSR count). The fraction of sp³-hybridized carbons (Fsp3) is 0.571. The van der Waals surface area contributed by atoms with E-state index in [-0.39, 0.29) is 17.4 Å². The molecule has 3 N–H and O–H groups in total. The molecule has 0 bridgehead atoms. The van der Waals surface area contributed by atoms with Gasteiger partial charge in [0, 0.05) is 6.04 Å². The zero-order valence-corrected chi connectivity index (χ0v) is 11.3. The summed E-state index contributed by atoms with van der Waals surface area (Å²) in [5.74, 6) is -0.0627. The van der Waals surface area contributed by atoms with Gasteiger partial charge in [0.2, 0.25) is 0 Å². The van der Waals surface area contributed by atoms with Crippen LogP contribution in [0.15, 0.2) is 12.3 Å². The predicted molar refractivity (Wildman–Crippen MR) is 72.3 cm³/mol. The molecule has 1 aliphatic carbocycles. The number of rotatable bonds is 2. The molecule has 1 atom stereocenters. The zero-order valence-electron chi connectivity index (χ0n) is 11.3. The van der Waals surface area contributed by atoms with Crippen molar-refractivity contribution in [3.05, 3.63) is 23.5 Å². The molecular weight excluding hydrogens is 226 g/mol. The second-order valence-electron chi connectivity index (χ2n) is 5.81. The van der Waals surface area contributed by atoms with Crippen LogP contribution >= 0.6 is 0 Å². The maximum absolute atomic E-state index is 12.3. The van der Waals surface area contributed by atoms with Crippen molar-refractivity contribution >= 4 is 11.6 Å². The van der Waals surface area contributed by atoms with Gasteiger partial charge in [-0.25, -0.2) is 0 Å². The van der Waals surface area contributed by atoms with Crippen molar-refractivity contribution in [1.29, 1.82) is 0 Å². The smallest absolute Gasteiger partial charge is 0.253 e. The number of nitrogen functional groups attached to an aromatic ring is 1. The molecule has 1 unspecified atom stereocenters. The Balaban J connectivity index is 2.15. The van der Waals surface area contributed by atoms with Crippen LogP contribution in [0, 0.1) is 12.3 Å². The minimum absolute atomic E-state index is 0.0627. The van der Waals surface area contributed by atoms with Crippen molar-refractivity contribution in [3.8, 4) is 0 Å². The van der Waals surface area contributed by atoms with Crippen LogP contribution in [0.25, 0.3) is 0 Å². The third-order valence-electron chi connectivity index (χ3n) is 3.92. The van der Waals surface area contributed by atoms with Crippen molar-refractivity contribution in [3.63, 3.8) is 0 Å². The van der Waals surface area contributed by atoms with Gasteiger partial charge in [0.15, 0.2) is 0 Å². The van der Waals surface area contributed by atoms with Gasteiger partial charge in [-0.3, -0.25) is 9.78 Å². The molecule has 1 saturated carbocycles. The van der Waals surface area contributed by atoms with E-state index in [1.165, 1.54) is 6.42 Å². The summed E-state index contributed by atoms with van der Waals surface area (Å²) in [6.45, 7) is 6.24. The average Bonchev–Trinajstić information content (AvgIpc) is 2.62. The van der Waals surface area contributed by atoms with Crippen LogP contribution in [0.4, 0.5) is 5.69 Å². The van der Waals surface area contributed by atoms with Crippen LogP contribution < -0.4 is 11.1 Å². The van der Waals surface area contributed by atoms with Gasteiger partial charge >= 0.3 is 0 Å². The number of anilines is 1. The van der Waals surface area contributed by atoms with E-state index >= 15 is 0 Å². The van der Waals surface area contributed by atoms with Crippen molar-refractivity contribution < 1.29 is 4.79 Å². The second kappa shape index (κ2) is 4.59. The van der Waals surface area contributed by atoms with Crippen LogP contribution in [0.2, 0.25) is 0 Å². The number of aromatic nitrogens is 1. The lowest BCUT2D eigenvalue weighted by atomic mass is 9.87. The number of carbonyl (C=O) groups excluding carboxylic acids is 1. The Kier molecular flexibility index (Phi) is 3.28. The summed E-state index contributed by atoms with van der Waals surface area (Å²) in [5, 5.41) is 3.12. The van der Waals surface area contributed by atoms with Gasteiger partial charge in [0.25, 0.3) is 5.91 Å². The molecule has 1 aliphatic rings. The number of nitrogens with zero attached hydrogens (tertiary/aromatic N) is 1. The first kappa shape index (κ1) is 12.9. The first-order valence-corrected chi connectivity index (χ1v) is 6.43. The lowest BCUT2D eigenvalue weighted by molar-refractivity contribution is 0.0909. The maximum Gasteiger partial charge on any atom is 0.253 e. The Hall–Kier alpha value is -1.58. The molecule has 1 amide bonds. The molecule has 4 nitrogen and oxygen atoms in total. The lowest BCUT2D eigenvalue weighted by Crippen LogP contribution is -2.41. The third kappa shape index (κ3) is 2.47. The largest absolute Gasteiger partial charge is 0.397 e. The Morgan fingerprint density at radius 1 is 1.56 bits per heavy atom. The second-order valence-corrected chi connectivity index (χ2v) is 5.81. The van der Waals surface area contributed by atoms with Gasteiger partial charge in [-0.2, -0.15) is 0 Å². The van der Waals surface area contributed by atoms with E-state index in [4.69, 9.17) is 5.73 Å². The monoisotopic (exact) mass is 247 g/mol. The van der Waals surface area contributed by atoms with Crippen LogP contribution in [0.5, 0.6) is 0 Å². The average molecular weight is 247 g/mol. The normalized spacial score (nSPS) is 21.8. The number of nitrogens with two attached hydrogens (primary N) is 1. The summed E-state index contributed by atoms with van der Waals surface area (Å²) in [6, 6.07) is 1.94. The fourth-order valence-corrected chi connectivity index (χ4v) is 2.61. The Bertz CT molecular complexity index is 468. The van der Waals surface area contributed by atoms with Gasteiger partial charge in [0.1, 0.15) is 0 Å². The van der Waals surface area contributed by atoms with Crippen molar-refractivity contribution in [1.82, 2.24) is 10.3 Å². The van der Waals surface area contributed by atoms with Gasteiger partial charge in [0.05, 0.1) is 23.1 Å². The summed E-state index contributed by atoms with van der Waals surface area (Å²) in [6.07, 6.45) is 4.96. The van der Waals surface area contributed by atoms with E-state index < -0.39 is 0 Å². The summed E-state index contributed by atoms with van der Waals surface area (Å²) < 4.78 is 0. The van der Waals surface area contributed by atoms with Crippen LogP contribution in [0.1, 0.15) is 49.2 Å². The van der Waals surface area contributed by atoms with Gasteiger partial charge in [-0.15, -0.1) is 0 Å². The third-order valence-corrected chi connectivity index (χ3v) is 3.92. The fourth-order valence-electron chi connectivity index (χ4n) is 2.61. The van der Waals surface area contributed by atoms with E-state index in [1.807, 2.05) is 6.92 Å². The first-order valence-electron chi connectivity index (χ1n) is 6.43. The molecule has 1 aromatic heterocycles. The summed E-state index contributed by atoms with van der Waals surface area (Å²) >= 11 is 0. The van der Waals surface area contributed by atoms with Crippen LogP contribution in [-0.2, 0) is 0 Å². The van der Waals surface area contributed by atoms with Crippen LogP contribution in [0.3, 0.4) is 0 Å². The Morgan fingerprint density at radius 2 is 2.28 bits per heavy atom. The highest BCUT2D eigenvalue weighted by atomic mass is 16.1. The van der Waals surface area contributed by atoms with Gasteiger partial charge in [-0.1, -0.05) is 20.3 Å². The molecule has 1 fully saturated rings. The van der Waals surface area contributed by atoms with E-state index in [0.717, 1.165) is 18.5 Å². The van der Waals surface area contributed by atoms with Crippen molar-refractivity contribution in [2.45, 2.75) is 46.1 Å². The Morgan fingerprint density at radius 3 is 2.89 bits per heavy atom. The molecule has 4 heteroatoms. The molecule has 18 heavy (non-hydrogen) atoms. The van der Waals surface area contributed by atoms with E-state index in [0.29, 0.717) is 11.3 Å². The molecule has 98 valence electrons. The van der Waals surface area contributed by atoms with Crippen LogP contribution in [-0.4, -0.2) is 16.9 Å². The maximum atomic E-state index is 12.3. The summed E-state index contributed by atoms with van der Waals surface area (Å²) in [7, 11) is 0. The summed E-state index contributed by atoms with van der Waals surface area (Å²) in [5.41, 5.74) is 7.69. The van der Waals surface area contributed by atoms with Crippen molar-refractivity contribution in [2.24, 2.45) is 5.41 Å². The molecule has 0 aromatic carbocycles. The van der Waals surface area contributed by atoms with E-state index in [1.54, 1.807) is 12.3 Å². The predicted octanol–water partition coefficient (Wildman–Crippen LogP) is 2.28. The Labute approximate surface area is 108 Å². The molecule has 0 saturated heterocycles. The standard InChI is InChI=1S/C14H21N3O/c1-9-11(7-10(15)8-16-9)13(18)17-12-5-4-6-14(12,2)3/h7-8,12H,4-6,15H2,1-3H3,(H,17,18). The number of carbonyl (C=O) groups is 1. The minimum atomic E-state index is -0.0627. The minimum Gasteiger partial charge on any atom is -0.397 e. The highest BCUT2D eigenvalue weighted by Crippen LogP contribution is 2.37. The molecule has 1 heterocycles. The van der Waals surface area contributed by atoms with Gasteiger partial charge in [-0.05, 0) is 31.2 Å².